The highest BCUT2D eigenvalue weighted by Crippen LogP contribution is 2.24. The third kappa shape index (κ3) is 4.43. The summed E-state index contributed by atoms with van der Waals surface area (Å²) >= 11 is 7.37. The fraction of sp³-hybridized carbons (Fsp3) is 0.250. The molecular formula is C20H20ClN3O3S. The Labute approximate surface area is 172 Å². The minimum Gasteiger partial charge on any atom is -0.466 e. The van der Waals surface area contributed by atoms with Crippen LogP contribution in [0.1, 0.15) is 34.4 Å². The van der Waals surface area contributed by atoms with Crippen LogP contribution in [0.25, 0.3) is 5.69 Å². The van der Waals surface area contributed by atoms with Crippen LogP contribution in [-0.2, 0) is 16.0 Å². The third-order valence-electron chi connectivity index (χ3n) is 4.15. The van der Waals surface area contributed by atoms with Crippen LogP contribution >= 0.6 is 22.9 Å². The van der Waals surface area contributed by atoms with Crippen molar-refractivity contribution in [2.75, 3.05) is 11.9 Å². The number of carbonyl (C=O) groups is 2. The van der Waals surface area contributed by atoms with Crippen LogP contribution < -0.4 is 5.32 Å². The molecule has 0 saturated carbocycles. The molecule has 0 fully saturated rings. The van der Waals surface area contributed by atoms with Gasteiger partial charge >= 0.3 is 5.97 Å². The minimum absolute atomic E-state index is 0.0868. The number of benzene rings is 1. The molecule has 3 rings (SSSR count). The molecule has 8 heteroatoms. The molecule has 6 nitrogen and oxygen atoms in total. The maximum Gasteiger partial charge on any atom is 0.311 e. The molecular weight excluding hydrogens is 398 g/mol. The molecule has 0 aliphatic heterocycles. The lowest BCUT2D eigenvalue weighted by atomic mass is 10.2. The fourth-order valence-electron chi connectivity index (χ4n) is 2.98. The Morgan fingerprint density at radius 2 is 2.07 bits per heavy atom. The average Bonchev–Trinajstić information content (AvgIpc) is 3.18. The van der Waals surface area contributed by atoms with Crippen LogP contribution in [0, 0.1) is 13.8 Å². The molecule has 2 heterocycles. The number of anilines is 1. The first-order valence-corrected chi connectivity index (χ1v) is 10.0. The smallest absolute Gasteiger partial charge is 0.311 e. The summed E-state index contributed by atoms with van der Waals surface area (Å²) in [4.78, 5) is 28.6. The summed E-state index contributed by atoms with van der Waals surface area (Å²) in [5.41, 5.74) is 3.75. The number of aryl methyl sites for hydroxylation is 1. The zero-order chi connectivity index (χ0) is 20.3. The van der Waals surface area contributed by atoms with Crippen molar-refractivity contribution in [2.24, 2.45) is 0 Å². The maximum atomic E-state index is 12.8. The van der Waals surface area contributed by atoms with Crippen molar-refractivity contribution in [3.8, 4) is 5.69 Å². The summed E-state index contributed by atoms with van der Waals surface area (Å²) in [5.74, 6) is -0.589. The molecule has 0 saturated heterocycles. The summed E-state index contributed by atoms with van der Waals surface area (Å²) in [6.07, 6.45) is 0.0868. The fourth-order valence-corrected chi connectivity index (χ4v) is 3.86. The molecule has 0 spiro atoms. The van der Waals surface area contributed by atoms with Gasteiger partial charge in [-0.25, -0.2) is 4.98 Å². The van der Waals surface area contributed by atoms with E-state index < -0.39 is 0 Å². The normalized spacial score (nSPS) is 10.7. The largest absolute Gasteiger partial charge is 0.466 e. The summed E-state index contributed by atoms with van der Waals surface area (Å²) in [7, 11) is 0. The summed E-state index contributed by atoms with van der Waals surface area (Å²) < 4.78 is 6.89. The van der Waals surface area contributed by atoms with Gasteiger partial charge in [0.25, 0.3) is 5.91 Å². The van der Waals surface area contributed by atoms with Crippen molar-refractivity contribution in [3.05, 3.63) is 63.4 Å². The van der Waals surface area contributed by atoms with Gasteiger partial charge in [0, 0.05) is 27.5 Å². The first-order chi connectivity index (χ1) is 13.4. The van der Waals surface area contributed by atoms with Crippen molar-refractivity contribution in [1.29, 1.82) is 0 Å². The standard InChI is InChI=1S/C20H20ClN3O3S/c1-4-27-18(25)10-15-11-28-20(22-15)23-19(26)17-8-12(2)24(13(17)3)16-7-5-6-14(21)9-16/h5-9,11H,4,10H2,1-3H3,(H,22,23,26). The topological polar surface area (TPSA) is 73.2 Å². The molecule has 0 radical (unpaired) electrons. The van der Waals surface area contributed by atoms with Gasteiger partial charge in [-0.05, 0) is 45.0 Å². The molecule has 146 valence electrons. The number of halogens is 1. The van der Waals surface area contributed by atoms with Crippen LogP contribution in [0.15, 0.2) is 35.7 Å². The predicted octanol–water partition coefficient (Wildman–Crippen LogP) is 4.56. The molecule has 0 aliphatic rings. The first kappa shape index (κ1) is 20.1. The van der Waals surface area contributed by atoms with Crippen LogP contribution in [0.4, 0.5) is 5.13 Å². The molecule has 0 unspecified atom stereocenters. The minimum atomic E-state index is -0.337. The number of esters is 1. The quantitative estimate of drug-likeness (QED) is 0.596. The number of carbonyl (C=O) groups excluding carboxylic acids is 2. The number of nitrogens with one attached hydrogen (secondary N) is 1. The van der Waals surface area contributed by atoms with Gasteiger partial charge in [-0.3, -0.25) is 14.9 Å². The lowest BCUT2D eigenvalue weighted by molar-refractivity contribution is -0.142. The molecule has 0 aliphatic carbocycles. The first-order valence-electron chi connectivity index (χ1n) is 8.75. The molecule has 28 heavy (non-hydrogen) atoms. The number of amides is 1. The lowest BCUT2D eigenvalue weighted by Gasteiger charge is -2.10. The second-order valence-corrected chi connectivity index (χ2v) is 7.47. The van der Waals surface area contributed by atoms with Gasteiger partial charge in [0.05, 0.1) is 24.3 Å². The zero-order valence-corrected chi connectivity index (χ0v) is 17.4. The Morgan fingerprint density at radius 1 is 1.29 bits per heavy atom. The number of aromatic nitrogens is 2. The number of rotatable bonds is 6. The Kier molecular flexibility index (Phi) is 6.16. The van der Waals surface area contributed by atoms with Crippen LogP contribution in [0.5, 0.6) is 0 Å². The molecule has 2 aromatic heterocycles. The number of thiazole rings is 1. The molecule has 0 atom stereocenters. The molecule has 0 bridgehead atoms. The zero-order valence-electron chi connectivity index (χ0n) is 15.8. The van der Waals surface area contributed by atoms with Crippen LogP contribution in [-0.4, -0.2) is 28.0 Å². The van der Waals surface area contributed by atoms with Crippen molar-refractivity contribution in [1.82, 2.24) is 9.55 Å². The van der Waals surface area contributed by atoms with E-state index in [1.54, 1.807) is 12.3 Å². The number of ether oxygens (including phenoxy) is 1. The molecule has 3 aromatic rings. The van der Waals surface area contributed by atoms with Crippen molar-refractivity contribution < 1.29 is 14.3 Å². The SMILES string of the molecule is CCOC(=O)Cc1csc(NC(=O)c2cc(C)n(-c3cccc(Cl)c3)c2C)n1. The van der Waals surface area contributed by atoms with E-state index in [4.69, 9.17) is 16.3 Å². The third-order valence-corrected chi connectivity index (χ3v) is 5.19. The van der Waals surface area contributed by atoms with Crippen LogP contribution in [0.2, 0.25) is 5.02 Å². The van der Waals surface area contributed by atoms with E-state index in [0.717, 1.165) is 17.1 Å². The van der Waals surface area contributed by atoms with Gasteiger partial charge in [-0.15, -0.1) is 11.3 Å². The van der Waals surface area contributed by atoms with Gasteiger partial charge in [0.2, 0.25) is 0 Å². The van der Waals surface area contributed by atoms with E-state index in [1.165, 1.54) is 11.3 Å². The van der Waals surface area contributed by atoms with Gasteiger partial charge in [-0.2, -0.15) is 0 Å². The van der Waals surface area contributed by atoms with Crippen molar-refractivity contribution in [3.63, 3.8) is 0 Å². The highest BCUT2D eigenvalue weighted by Gasteiger charge is 2.18. The Hall–Kier alpha value is -2.64. The van der Waals surface area contributed by atoms with Gasteiger partial charge < -0.3 is 9.30 Å². The Balaban J connectivity index is 1.78. The van der Waals surface area contributed by atoms with E-state index in [9.17, 15) is 9.59 Å². The molecule has 1 amide bonds. The lowest BCUT2D eigenvalue weighted by Crippen LogP contribution is -2.13. The molecule has 1 N–H and O–H groups in total. The van der Waals surface area contributed by atoms with Crippen molar-refractivity contribution >= 4 is 39.9 Å². The van der Waals surface area contributed by atoms with E-state index in [0.29, 0.717) is 28.0 Å². The van der Waals surface area contributed by atoms with E-state index in [-0.39, 0.29) is 18.3 Å². The highest BCUT2D eigenvalue weighted by molar-refractivity contribution is 7.14. The van der Waals surface area contributed by atoms with Gasteiger partial charge in [0.15, 0.2) is 5.13 Å². The van der Waals surface area contributed by atoms with Gasteiger partial charge in [-0.1, -0.05) is 17.7 Å². The van der Waals surface area contributed by atoms with Gasteiger partial charge in [0.1, 0.15) is 0 Å². The Bertz CT molecular complexity index is 1030. The van der Waals surface area contributed by atoms with E-state index in [1.807, 2.05) is 48.7 Å². The monoisotopic (exact) mass is 417 g/mol. The number of nitrogens with zero attached hydrogens (tertiary/aromatic N) is 2. The van der Waals surface area contributed by atoms with Crippen LogP contribution in [0.3, 0.4) is 0 Å². The second-order valence-electron chi connectivity index (χ2n) is 6.18. The maximum absolute atomic E-state index is 12.8. The van der Waals surface area contributed by atoms with E-state index in [2.05, 4.69) is 10.3 Å². The van der Waals surface area contributed by atoms with E-state index >= 15 is 0 Å². The average molecular weight is 418 g/mol. The summed E-state index contributed by atoms with van der Waals surface area (Å²) in [6, 6.07) is 9.31. The summed E-state index contributed by atoms with van der Waals surface area (Å²) in [6.45, 7) is 5.90. The Morgan fingerprint density at radius 3 is 2.79 bits per heavy atom. The van der Waals surface area contributed by atoms with Crippen molar-refractivity contribution in [2.45, 2.75) is 27.2 Å². The highest BCUT2D eigenvalue weighted by atomic mass is 35.5. The molecule has 1 aromatic carbocycles. The summed E-state index contributed by atoms with van der Waals surface area (Å²) in [5, 5.41) is 5.62. The second kappa shape index (κ2) is 8.58. The number of hydrogen-bond donors (Lipinski definition) is 1. The predicted molar refractivity (Wildman–Crippen MR) is 111 cm³/mol. The number of hydrogen-bond acceptors (Lipinski definition) is 5.